The van der Waals surface area contributed by atoms with Crippen molar-refractivity contribution >= 4 is 29.3 Å². The number of nitrogen functional groups attached to an aromatic ring is 1. The van der Waals surface area contributed by atoms with Gasteiger partial charge in [0.05, 0.1) is 32.1 Å². The second kappa shape index (κ2) is 12.1. The van der Waals surface area contributed by atoms with Crippen LogP contribution < -0.4 is 20.9 Å². The number of fused-ring (bicyclic) bond motifs is 1. The number of rotatable bonds is 8. The fraction of sp³-hybridized carbons (Fsp3) is 0.464. The van der Waals surface area contributed by atoms with Gasteiger partial charge in [-0.25, -0.2) is 15.0 Å². The molecule has 0 bridgehead atoms. The van der Waals surface area contributed by atoms with E-state index in [4.69, 9.17) is 25.2 Å². The van der Waals surface area contributed by atoms with Crippen LogP contribution in [0.4, 0.5) is 23.4 Å². The first kappa shape index (κ1) is 26.4. The minimum atomic E-state index is -0.0575. The Morgan fingerprint density at radius 3 is 2.35 bits per heavy atom. The summed E-state index contributed by atoms with van der Waals surface area (Å²) in [7, 11) is 0. The van der Waals surface area contributed by atoms with Gasteiger partial charge in [-0.3, -0.25) is 9.69 Å². The molecule has 0 radical (unpaired) electrons. The fourth-order valence-corrected chi connectivity index (χ4v) is 5.32. The number of hydrogen-bond donors (Lipinski definition) is 2. The van der Waals surface area contributed by atoms with Crippen LogP contribution in [0.25, 0.3) is 11.3 Å². The van der Waals surface area contributed by atoms with Gasteiger partial charge in [-0.1, -0.05) is 0 Å². The Morgan fingerprint density at radius 1 is 0.925 bits per heavy atom. The van der Waals surface area contributed by atoms with Crippen molar-refractivity contribution in [3.05, 3.63) is 47.8 Å². The first-order valence-corrected chi connectivity index (χ1v) is 13.9. The summed E-state index contributed by atoms with van der Waals surface area (Å²) < 4.78 is 10.9. The topological polar surface area (TPSA) is 135 Å². The molecule has 0 spiro atoms. The Hall–Kier alpha value is -3.87. The van der Waals surface area contributed by atoms with Crippen LogP contribution in [0.5, 0.6) is 0 Å². The molecule has 3 aromatic rings. The van der Waals surface area contributed by atoms with E-state index in [1.54, 1.807) is 12.4 Å². The van der Waals surface area contributed by atoms with Gasteiger partial charge in [-0.15, -0.1) is 0 Å². The monoisotopic (exact) mass is 545 g/mol. The molecule has 5 heterocycles. The molecule has 6 rings (SSSR count). The second-order valence-electron chi connectivity index (χ2n) is 10.1. The van der Waals surface area contributed by atoms with E-state index in [0.29, 0.717) is 31.3 Å². The highest BCUT2D eigenvalue weighted by atomic mass is 16.5. The van der Waals surface area contributed by atoms with Crippen LogP contribution in [0.15, 0.2) is 36.7 Å². The average molecular weight is 546 g/mol. The molecule has 1 aromatic carbocycles. The third-order valence-electron chi connectivity index (χ3n) is 7.54. The number of benzene rings is 1. The third-order valence-corrected chi connectivity index (χ3v) is 7.54. The first-order valence-electron chi connectivity index (χ1n) is 13.9. The SMILES string of the molecule is Nc1ncc(-c2nc(N3CCOCC3)nc3c2CCN3c2ccc(C(=O)NCCCN3CCOCC3)cc2)cn1. The molecule has 12 heteroatoms. The number of morpholine rings is 2. The standard InChI is InChI=1S/C28H35N9O3/c29-27-31-18-21(19-32-27)24-23-6-9-37(25(23)34-28(33-24)36-12-16-40-17-13-36)22-4-2-20(3-5-22)26(38)30-7-1-8-35-10-14-39-15-11-35/h2-5,18-19H,1,6-17H2,(H,30,38)(H2,29,31,32). The predicted molar refractivity (Wildman–Crippen MR) is 152 cm³/mol. The molecule has 0 aliphatic carbocycles. The van der Waals surface area contributed by atoms with E-state index in [-0.39, 0.29) is 11.9 Å². The third kappa shape index (κ3) is 5.83. The van der Waals surface area contributed by atoms with Crippen LogP contribution in [0.2, 0.25) is 0 Å². The lowest BCUT2D eigenvalue weighted by atomic mass is 10.1. The zero-order valence-corrected chi connectivity index (χ0v) is 22.6. The summed E-state index contributed by atoms with van der Waals surface area (Å²) in [5.41, 5.74) is 10.0. The van der Waals surface area contributed by atoms with Gasteiger partial charge in [-0.2, -0.15) is 4.98 Å². The summed E-state index contributed by atoms with van der Waals surface area (Å²) in [5.74, 6) is 1.70. The van der Waals surface area contributed by atoms with E-state index in [1.165, 1.54) is 0 Å². The zero-order valence-electron chi connectivity index (χ0n) is 22.6. The number of nitrogens with two attached hydrogens (primary N) is 1. The smallest absolute Gasteiger partial charge is 0.251 e. The summed E-state index contributed by atoms with van der Waals surface area (Å²) in [4.78, 5) is 37.8. The highest BCUT2D eigenvalue weighted by Crippen LogP contribution is 2.39. The number of nitrogens with one attached hydrogen (secondary N) is 1. The van der Waals surface area contributed by atoms with Crippen LogP contribution in [0, 0.1) is 0 Å². The van der Waals surface area contributed by atoms with Crippen LogP contribution in [0.3, 0.4) is 0 Å². The van der Waals surface area contributed by atoms with Crippen molar-refractivity contribution in [1.29, 1.82) is 0 Å². The van der Waals surface area contributed by atoms with E-state index in [0.717, 1.165) is 93.7 Å². The van der Waals surface area contributed by atoms with Gasteiger partial charge < -0.3 is 30.3 Å². The minimum Gasteiger partial charge on any atom is -0.379 e. The molecule has 0 saturated carbocycles. The number of ether oxygens (including phenoxy) is 2. The Morgan fingerprint density at radius 2 is 1.62 bits per heavy atom. The van der Waals surface area contributed by atoms with E-state index in [1.807, 2.05) is 24.3 Å². The highest BCUT2D eigenvalue weighted by Gasteiger charge is 2.29. The van der Waals surface area contributed by atoms with Gasteiger partial charge in [0.1, 0.15) is 5.82 Å². The highest BCUT2D eigenvalue weighted by molar-refractivity contribution is 5.94. The van der Waals surface area contributed by atoms with E-state index < -0.39 is 0 Å². The Kier molecular flexibility index (Phi) is 7.98. The molecule has 0 atom stereocenters. The molecular weight excluding hydrogens is 510 g/mol. The summed E-state index contributed by atoms with van der Waals surface area (Å²) in [6.45, 7) is 8.61. The summed E-state index contributed by atoms with van der Waals surface area (Å²) in [5, 5.41) is 3.05. The number of aromatic nitrogens is 4. The van der Waals surface area contributed by atoms with Crippen molar-refractivity contribution in [2.24, 2.45) is 0 Å². The summed E-state index contributed by atoms with van der Waals surface area (Å²) in [6, 6.07) is 7.73. The molecule has 2 saturated heterocycles. The molecule has 3 aliphatic heterocycles. The van der Waals surface area contributed by atoms with Crippen LogP contribution >= 0.6 is 0 Å². The van der Waals surface area contributed by atoms with Crippen LogP contribution in [-0.2, 0) is 15.9 Å². The lowest BCUT2D eigenvalue weighted by molar-refractivity contribution is 0.0374. The molecule has 3 aliphatic rings. The number of anilines is 4. The van der Waals surface area contributed by atoms with Crippen molar-refractivity contribution in [2.45, 2.75) is 12.8 Å². The normalized spacial score (nSPS) is 17.6. The Labute approximate surface area is 233 Å². The summed E-state index contributed by atoms with van der Waals surface area (Å²) in [6.07, 6.45) is 5.13. The first-order chi connectivity index (χ1) is 19.7. The number of nitrogens with zero attached hydrogens (tertiary/aromatic N) is 7. The van der Waals surface area contributed by atoms with Crippen molar-refractivity contribution in [1.82, 2.24) is 30.2 Å². The fourth-order valence-electron chi connectivity index (χ4n) is 5.32. The molecule has 2 fully saturated rings. The van der Waals surface area contributed by atoms with Crippen molar-refractivity contribution < 1.29 is 14.3 Å². The predicted octanol–water partition coefficient (Wildman–Crippen LogP) is 1.50. The molecule has 12 nitrogen and oxygen atoms in total. The van der Waals surface area contributed by atoms with Gasteiger partial charge in [0.2, 0.25) is 11.9 Å². The molecule has 2 aromatic heterocycles. The van der Waals surface area contributed by atoms with Gasteiger partial charge >= 0.3 is 0 Å². The van der Waals surface area contributed by atoms with Crippen molar-refractivity contribution in [3.8, 4) is 11.3 Å². The molecule has 210 valence electrons. The molecule has 40 heavy (non-hydrogen) atoms. The minimum absolute atomic E-state index is 0.0575. The maximum absolute atomic E-state index is 12.8. The van der Waals surface area contributed by atoms with Gasteiger partial charge in [-0.05, 0) is 43.7 Å². The van der Waals surface area contributed by atoms with Crippen LogP contribution in [0.1, 0.15) is 22.3 Å². The number of hydrogen-bond acceptors (Lipinski definition) is 11. The number of carbonyl (C=O) groups excluding carboxylic acids is 1. The second-order valence-corrected chi connectivity index (χ2v) is 10.1. The van der Waals surface area contributed by atoms with Gasteiger partial charge in [0.25, 0.3) is 5.91 Å². The average Bonchev–Trinajstić information content (AvgIpc) is 3.44. The lowest BCUT2D eigenvalue weighted by Gasteiger charge is -2.28. The Balaban J connectivity index is 1.18. The lowest BCUT2D eigenvalue weighted by Crippen LogP contribution is -2.38. The van der Waals surface area contributed by atoms with E-state index in [2.05, 4.69) is 30.0 Å². The molecule has 3 N–H and O–H groups in total. The zero-order chi connectivity index (χ0) is 27.3. The van der Waals surface area contributed by atoms with Crippen LogP contribution in [-0.4, -0.2) is 103 Å². The maximum Gasteiger partial charge on any atom is 0.251 e. The number of carbonyl (C=O) groups is 1. The quantitative estimate of drug-likeness (QED) is 0.399. The van der Waals surface area contributed by atoms with Crippen molar-refractivity contribution in [3.63, 3.8) is 0 Å². The number of amides is 1. The van der Waals surface area contributed by atoms with Gasteiger partial charge in [0, 0.05) is 74.0 Å². The Bertz CT molecular complexity index is 1310. The van der Waals surface area contributed by atoms with E-state index >= 15 is 0 Å². The molecule has 1 amide bonds. The maximum atomic E-state index is 12.8. The molecular formula is C28H35N9O3. The van der Waals surface area contributed by atoms with Crippen molar-refractivity contribution in [2.75, 3.05) is 87.8 Å². The largest absolute Gasteiger partial charge is 0.379 e. The van der Waals surface area contributed by atoms with Gasteiger partial charge in [0.15, 0.2) is 0 Å². The molecule has 0 unspecified atom stereocenters. The summed E-state index contributed by atoms with van der Waals surface area (Å²) >= 11 is 0. The van der Waals surface area contributed by atoms with E-state index in [9.17, 15) is 4.79 Å².